The molecule has 108 valence electrons. The number of unbranched alkanes of at least 4 members (excludes halogenated alkanes) is 1. The van der Waals surface area contributed by atoms with Gasteiger partial charge in [0.1, 0.15) is 10.8 Å². The van der Waals surface area contributed by atoms with Crippen LogP contribution in [0, 0.1) is 5.92 Å². The maximum atomic E-state index is 5.98. The Hall–Kier alpha value is -1.62. The van der Waals surface area contributed by atoms with Gasteiger partial charge in [0.2, 0.25) is 0 Å². The van der Waals surface area contributed by atoms with Gasteiger partial charge in [0.25, 0.3) is 0 Å². The van der Waals surface area contributed by atoms with Crippen molar-refractivity contribution in [3.8, 4) is 11.1 Å². The average Bonchev–Trinajstić information content (AvgIpc) is 2.80. The molecule has 3 N–H and O–H groups in total. The smallest absolute Gasteiger partial charge is 0.147 e. The van der Waals surface area contributed by atoms with Gasteiger partial charge in [-0.05, 0) is 29.9 Å². The largest absolute Gasteiger partial charge is 0.382 e. The molecule has 0 aliphatic heterocycles. The van der Waals surface area contributed by atoms with Crippen molar-refractivity contribution in [3.05, 3.63) is 24.5 Å². The zero-order valence-corrected chi connectivity index (χ0v) is 12.9. The van der Waals surface area contributed by atoms with Crippen LogP contribution in [0.4, 0.5) is 10.8 Å². The van der Waals surface area contributed by atoms with E-state index in [9.17, 15) is 0 Å². The van der Waals surface area contributed by atoms with Crippen molar-refractivity contribution >= 4 is 22.4 Å². The van der Waals surface area contributed by atoms with E-state index < -0.39 is 0 Å². The molecule has 2 heterocycles. The zero-order valence-electron chi connectivity index (χ0n) is 12.1. The maximum Gasteiger partial charge on any atom is 0.147 e. The number of pyridine rings is 1. The lowest BCUT2D eigenvalue weighted by Gasteiger charge is -2.08. The average molecular weight is 290 g/mol. The number of hydrogen-bond acceptors (Lipinski definition) is 5. The SMILES string of the molecule is CC(C)CCCCNc1snc(N)c1-c1cccnc1. The van der Waals surface area contributed by atoms with E-state index in [-0.39, 0.29) is 0 Å². The molecule has 0 spiro atoms. The molecule has 0 saturated carbocycles. The highest BCUT2D eigenvalue weighted by atomic mass is 32.1. The Morgan fingerprint density at radius 3 is 2.90 bits per heavy atom. The van der Waals surface area contributed by atoms with Gasteiger partial charge in [0.05, 0.1) is 5.56 Å². The lowest BCUT2D eigenvalue weighted by molar-refractivity contribution is 0.545. The summed E-state index contributed by atoms with van der Waals surface area (Å²) in [4.78, 5) is 4.15. The third-order valence-corrected chi connectivity index (χ3v) is 3.98. The van der Waals surface area contributed by atoms with Crippen LogP contribution < -0.4 is 11.1 Å². The number of nitrogen functional groups attached to an aromatic ring is 1. The second kappa shape index (κ2) is 7.24. The van der Waals surface area contributed by atoms with E-state index in [1.54, 1.807) is 6.20 Å². The van der Waals surface area contributed by atoms with E-state index in [1.807, 2.05) is 18.3 Å². The molecule has 0 unspecified atom stereocenters. The normalized spacial score (nSPS) is 10.9. The first kappa shape index (κ1) is 14.8. The fourth-order valence-corrected chi connectivity index (χ4v) is 2.85. The van der Waals surface area contributed by atoms with Gasteiger partial charge in [-0.2, -0.15) is 4.37 Å². The maximum absolute atomic E-state index is 5.98. The molecule has 2 aromatic rings. The molecule has 20 heavy (non-hydrogen) atoms. The Bertz CT molecular complexity index is 522. The summed E-state index contributed by atoms with van der Waals surface area (Å²) in [5.41, 5.74) is 7.97. The minimum absolute atomic E-state index is 0.577. The van der Waals surface area contributed by atoms with Crippen LogP contribution in [-0.2, 0) is 0 Å². The van der Waals surface area contributed by atoms with E-state index in [4.69, 9.17) is 5.73 Å². The zero-order chi connectivity index (χ0) is 14.4. The van der Waals surface area contributed by atoms with Gasteiger partial charge in [-0.15, -0.1) is 0 Å². The van der Waals surface area contributed by atoms with Crippen molar-refractivity contribution in [2.75, 3.05) is 17.6 Å². The molecule has 0 aliphatic rings. The first-order valence-electron chi connectivity index (χ1n) is 7.08. The molecule has 0 atom stereocenters. The number of nitrogens with zero attached hydrogens (tertiary/aromatic N) is 2. The van der Waals surface area contributed by atoms with Gasteiger partial charge in [-0.1, -0.05) is 32.8 Å². The predicted molar refractivity (Wildman–Crippen MR) is 86.9 cm³/mol. The van der Waals surface area contributed by atoms with E-state index in [2.05, 4.69) is 28.5 Å². The van der Waals surface area contributed by atoms with Crippen molar-refractivity contribution in [2.24, 2.45) is 5.92 Å². The monoisotopic (exact) mass is 290 g/mol. The van der Waals surface area contributed by atoms with Crippen molar-refractivity contribution in [1.82, 2.24) is 9.36 Å². The summed E-state index contributed by atoms with van der Waals surface area (Å²) in [6.45, 7) is 5.48. The quantitative estimate of drug-likeness (QED) is 0.756. The molecule has 0 fully saturated rings. The summed E-state index contributed by atoms with van der Waals surface area (Å²) in [5.74, 6) is 1.35. The van der Waals surface area contributed by atoms with Crippen molar-refractivity contribution < 1.29 is 0 Å². The first-order valence-corrected chi connectivity index (χ1v) is 7.85. The Labute approximate surface area is 124 Å². The van der Waals surface area contributed by atoms with Gasteiger partial charge in [0.15, 0.2) is 0 Å². The molecular weight excluding hydrogens is 268 g/mol. The van der Waals surface area contributed by atoms with Crippen LogP contribution >= 0.6 is 11.5 Å². The fourth-order valence-electron chi connectivity index (χ4n) is 2.09. The summed E-state index contributed by atoms with van der Waals surface area (Å²) in [6, 6.07) is 3.93. The fraction of sp³-hybridized carbons (Fsp3) is 0.467. The summed E-state index contributed by atoms with van der Waals surface area (Å²) in [7, 11) is 0. The standard InChI is InChI=1S/C15H22N4S/c1-11(2)6-3-4-9-18-15-13(14(16)19-20-15)12-7-5-8-17-10-12/h5,7-8,10-11,18H,3-4,6,9H2,1-2H3,(H2,16,19). The molecule has 0 bridgehead atoms. The van der Waals surface area contributed by atoms with Crippen LogP contribution in [0.1, 0.15) is 33.1 Å². The van der Waals surface area contributed by atoms with E-state index in [0.717, 1.165) is 28.6 Å². The second-order valence-electron chi connectivity index (χ2n) is 5.33. The van der Waals surface area contributed by atoms with Gasteiger partial charge in [0, 0.05) is 24.5 Å². The number of aromatic nitrogens is 2. The lowest BCUT2D eigenvalue weighted by Crippen LogP contribution is -2.02. The summed E-state index contributed by atoms with van der Waals surface area (Å²) in [5, 5.41) is 4.50. The van der Waals surface area contributed by atoms with E-state index in [0.29, 0.717) is 5.82 Å². The third kappa shape index (κ3) is 3.93. The van der Waals surface area contributed by atoms with Crippen molar-refractivity contribution in [2.45, 2.75) is 33.1 Å². The molecule has 2 aromatic heterocycles. The Morgan fingerprint density at radius 1 is 1.35 bits per heavy atom. The van der Waals surface area contributed by atoms with Crippen molar-refractivity contribution in [1.29, 1.82) is 0 Å². The van der Waals surface area contributed by atoms with Crippen LogP contribution in [0.5, 0.6) is 0 Å². The minimum atomic E-state index is 0.577. The molecule has 0 aliphatic carbocycles. The number of anilines is 2. The molecule has 0 radical (unpaired) electrons. The van der Waals surface area contributed by atoms with Crippen LogP contribution in [-0.4, -0.2) is 15.9 Å². The van der Waals surface area contributed by atoms with Gasteiger partial charge in [-0.3, -0.25) is 4.98 Å². The highest BCUT2D eigenvalue weighted by molar-refractivity contribution is 7.11. The molecule has 2 rings (SSSR count). The number of rotatable bonds is 7. The molecular formula is C15H22N4S. The van der Waals surface area contributed by atoms with Crippen molar-refractivity contribution in [3.63, 3.8) is 0 Å². The van der Waals surface area contributed by atoms with E-state index in [1.165, 1.54) is 30.8 Å². The Balaban J connectivity index is 1.96. The van der Waals surface area contributed by atoms with Crippen LogP contribution in [0.3, 0.4) is 0 Å². The summed E-state index contributed by atoms with van der Waals surface area (Å²) in [6.07, 6.45) is 7.29. The topological polar surface area (TPSA) is 63.8 Å². The van der Waals surface area contributed by atoms with Gasteiger partial charge < -0.3 is 11.1 Å². The summed E-state index contributed by atoms with van der Waals surface area (Å²) < 4.78 is 4.25. The van der Waals surface area contributed by atoms with Gasteiger partial charge in [-0.25, -0.2) is 0 Å². The molecule has 0 saturated heterocycles. The number of nitrogens with one attached hydrogen (secondary N) is 1. The van der Waals surface area contributed by atoms with Crippen LogP contribution in [0.15, 0.2) is 24.5 Å². The third-order valence-electron chi connectivity index (χ3n) is 3.16. The van der Waals surface area contributed by atoms with Crippen LogP contribution in [0.25, 0.3) is 11.1 Å². The van der Waals surface area contributed by atoms with Crippen LogP contribution in [0.2, 0.25) is 0 Å². The van der Waals surface area contributed by atoms with Gasteiger partial charge >= 0.3 is 0 Å². The highest BCUT2D eigenvalue weighted by Crippen LogP contribution is 2.36. The Kier molecular flexibility index (Phi) is 5.35. The molecule has 4 nitrogen and oxygen atoms in total. The lowest BCUT2D eigenvalue weighted by atomic mass is 10.1. The first-order chi connectivity index (χ1) is 9.68. The number of nitrogens with two attached hydrogens (primary N) is 1. The number of hydrogen-bond donors (Lipinski definition) is 2. The molecule has 0 aromatic carbocycles. The predicted octanol–water partition coefficient (Wildman–Crippen LogP) is 4.03. The highest BCUT2D eigenvalue weighted by Gasteiger charge is 2.13. The molecule has 5 heteroatoms. The minimum Gasteiger partial charge on any atom is -0.382 e. The second-order valence-corrected chi connectivity index (χ2v) is 6.10. The molecule has 0 amide bonds. The Morgan fingerprint density at radius 2 is 2.20 bits per heavy atom. The summed E-state index contributed by atoms with van der Waals surface area (Å²) >= 11 is 1.42. The van der Waals surface area contributed by atoms with E-state index >= 15 is 0 Å².